The Morgan fingerprint density at radius 2 is 1.72 bits per heavy atom. The van der Waals surface area contributed by atoms with Crippen molar-refractivity contribution in [3.8, 4) is 16.8 Å². The van der Waals surface area contributed by atoms with Gasteiger partial charge >= 0.3 is 0 Å². The summed E-state index contributed by atoms with van der Waals surface area (Å²) in [5.74, 6) is -3.01. The first-order chi connectivity index (χ1) is 23.8. The third-order valence-corrected chi connectivity index (χ3v) is 10.3. The summed E-state index contributed by atoms with van der Waals surface area (Å²) in [5, 5.41) is 12.3. The Balaban J connectivity index is 1.50. The minimum Gasteiger partial charge on any atom is -0.301 e. The minimum atomic E-state index is -3.95. The van der Waals surface area contributed by atoms with Crippen LogP contribution in [0.2, 0.25) is 5.02 Å². The van der Waals surface area contributed by atoms with E-state index in [9.17, 15) is 35.2 Å². The molecule has 9 nitrogen and oxygen atoms in total. The van der Waals surface area contributed by atoms with Crippen LogP contribution in [0.3, 0.4) is 0 Å². The summed E-state index contributed by atoms with van der Waals surface area (Å²) in [6.07, 6.45) is -2.58. The topological polar surface area (TPSA) is 123 Å². The van der Waals surface area contributed by atoms with Gasteiger partial charge in [-0.2, -0.15) is 5.10 Å². The smallest absolute Gasteiger partial charge is 0.266 e. The maximum atomic E-state index is 14.7. The third kappa shape index (κ3) is 6.22. The van der Waals surface area contributed by atoms with Crippen LogP contribution in [0, 0.1) is 22.9 Å². The van der Waals surface area contributed by atoms with Gasteiger partial charge in [-0.3, -0.25) is 18.8 Å². The molecule has 1 aliphatic carbocycles. The van der Waals surface area contributed by atoms with E-state index in [1.54, 1.807) is 6.07 Å². The molecular formula is C34H24ClF5N6O3S. The molecule has 256 valence electrons. The second kappa shape index (κ2) is 12.6. The van der Waals surface area contributed by atoms with E-state index in [-0.39, 0.29) is 55.3 Å². The van der Waals surface area contributed by atoms with Gasteiger partial charge in [0.1, 0.15) is 24.0 Å². The molecule has 0 spiro atoms. The van der Waals surface area contributed by atoms with Crippen LogP contribution in [-0.2, 0) is 23.0 Å². The van der Waals surface area contributed by atoms with Gasteiger partial charge in [0.25, 0.3) is 12.0 Å². The van der Waals surface area contributed by atoms with Gasteiger partial charge in [0.05, 0.1) is 43.5 Å². The molecule has 2 aromatic heterocycles. The van der Waals surface area contributed by atoms with Crippen molar-refractivity contribution in [2.45, 2.75) is 37.5 Å². The van der Waals surface area contributed by atoms with Crippen molar-refractivity contribution in [1.29, 1.82) is 5.41 Å². The van der Waals surface area contributed by atoms with E-state index in [1.165, 1.54) is 48.5 Å². The molecule has 0 saturated heterocycles. The molecular weight excluding hydrogens is 703 g/mol. The number of halogens is 6. The molecule has 6 aromatic rings. The standard InChI is InChI=1S/C34H24ClF5N6O3S/c35-24-9-10-28(31-30(24)32(43-45(31)16-29(39)40)44-50(48,49)21-6-7-21)46-33(26(41)13-17-11-19(36)15-20(37)12-17)42-27-14-18(5-8-23(27)34(46)47)22-3-1-2-4-25(22)38/h1-5,8-12,14-15,21,29,41H,6-7,13,16H2,(H,43,44). The molecule has 2 heterocycles. The Morgan fingerprint density at radius 1 is 1.00 bits per heavy atom. The molecule has 4 aromatic carbocycles. The average Bonchev–Trinajstić information content (AvgIpc) is 3.85. The molecule has 0 aliphatic heterocycles. The van der Waals surface area contributed by atoms with Crippen molar-refractivity contribution in [3.63, 3.8) is 0 Å². The van der Waals surface area contributed by atoms with Crippen molar-refractivity contribution >= 4 is 55.0 Å². The largest absolute Gasteiger partial charge is 0.301 e. The summed E-state index contributed by atoms with van der Waals surface area (Å²) >= 11 is 6.54. The summed E-state index contributed by atoms with van der Waals surface area (Å²) in [4.78, 5) is 19.0. The fourth-order valence-electron chi connectivity index (χ4n) is 5.84. The SMILES string of the molecule is N=C(Cc1cc(F)cc(F)c1)c1nc2cc(-c3ccccc3F)ccc2c(=O)n1-c1ccc(Cl)c2c(NS(=O)(=O)C3CC3)nn(CC(F)F)c12. The van der Waals surface area contributed by atoms with Crippen molar-refractivity contribution in [1.82, 2.24) is 19.3 Å². The van der Waals surface area contributed by atoms with Gasteiger partial charge in [-0.15, -0.1) is 0 Å². The maximum absolute atomic E-state index is 14.7. The molecule has 2 N–H and O–H groups in total. The lowest BCUT2D eigenvalue weighted by Gasteiger charge is -2.17. The van der Waals surface area contributed by atoms with E-state index in [0.717, 1.165) is 21.4 Å². The first kappa shape index (κ1) is 33.4. The fraction of sp³-hybridized carbons (Fsp3) is 0.176. The number of alkyl halides is 2. The Morgan fingerprint density at radius 3 is 2.40 bits per heavy atom. The number of hydrogen-bond donors (Lipinski definition) is 2. The van der Waals surface area contributed by atoms with Crippen LogP contribution in [0.25, 0.3) is 38.6 Å². The highest BCUT2D eigenvalue weighted by molar-refractivity contribution is 7.93. The second-order valence-electron chi connectivity index (χ2n) is 11.8. The maximum Gasteiger partial charge on any atom is 0.266 e. The van der Waals surface area contributed by atoms with Crippen LogP contribution in [0.4, 0.5) is 27.8 Å². The fourth-order valence-corrected chi connectivity index (χ4v) is 7.42. The van der Waals surface area contributed by atoms with E-state index < -0.39 is 63.4 Å². The predicted molar refractivity (Wildman–Crippen MR) is 179 cm³/mol. The Labute approximate surface area is 285 Å². The Kier molecular flexibility index (Phi) is 8.42. The summed E-state index contributed by atoms with van der Waals surface area (Å²) in [7, 11) is -3.95. The zero-order valence-corrected chi connectivity index (χ0v) is 27.2. The summed E-state index contributed by atoms with van der Waals surface area (Å²) in [6.45, 7) is -1.02. The molecule has 1 saturated carbocycles. The number of anilines is 1. The molecule has 50 heavy (non-hydrogen) atoms. The average molecular weight is 727 g/mol. The predicted octanol–water partition coefficient (Wildman–Crippen LogP) is 7.25. The van der Waals surface area contributed by atoms with E-state index >= 15 is 0 Å². The zero-order valence-electron chi connectivity index (χ0n) is 25.6. The number of benzene rings is 4. The van der Waals surface area contributed by atoms with Gasteiger partial charge in [0.2, 0.25) is 10.0 Å². The monoisotopic (exact) mass is 726 g/mol. The van der Waals surface area contributed by atoms with Gasteiger partial charge in [-0.1, -0.05) is 35.9 Å². The van der Waals surface area contributed by atoms with Crippen LogP contribution < -0.4 is 10.3 Å². The third-order valence-electron chi connectivity index (χ3n) is 8.20. The second-order valence-corrected chi connectivity index (χ2v) is 14.1. The van der Waals surface area contributed by atoms with Crippen LogP contribution in [0.1, 0.15) is 24.2 Å². The van der Waals surface area contributed by atoms with E-state index in [4.69, 9.17) is 17.0 Å². The number of nitrogens with zero attached hydrogens (tertiary/aromatic N) is 4. The van der Waals surface area contributed by atoms with E-state index in [2.05, 4.69) is 14.8 Å². The molecule has 7 rings (SSSR count). The lowest BCUT2D eigenvalue weighted by atomic mass is 10.0. The van der Waals surface area contributed by atoms with Crippen molar-refractivity contribution in [3.05, 3.63) is 117 Å². The molecule has 0 amide bonds. The molecule has 0 radical (unpaired) electrons. The molecule has 1 aliphatic rings. The Hall–Kier alpha value is -5.15. The first-order valence-electron chi connectivity index (χ1n) is 15.1. The van der Waals surface area contributed by atoms with Crippen LogP contribution in [0.5, 0.6) is 0 Å². The van der Waals surface area contributed by atoms with Crippen LogP contribution >= 0.6 is 11.6 Å². The number of nitrogens with one attached hydrogen (secondary N) is 2. The van der Waals surface area contributed by atoms with Crippen LogP contribution in [-0.4, -0.2) is 45.1 Å². The highest BCUT2D eigenvalue weighted by Gasteiger charge is 2.37. The summed E-state index contributed by atoms with van der Waals surface area (Å²) in [5.41, 5.74) is -0.821. The number of sulfonamides is 1. The van der Waals surface area contributed by atoms with Crippen molar-refractivity contribution < 1.29 is 30.4 Å². The van der Waals surface area contributed by atoms with E-state index in [1.807, 2.05) is 0 Å². The highest BCUT2D eigenvalue weighted by Crippen LogP contribution is 2.38. The molecule has 1 fully saturated rings. The number of rotatable bonds is 10. The molecule has 16 heteroatoms. The highest BCUT2D eigenvalue weighted by atomic mass is 35.5. The number of aromatic nitrogens is 4. The van der Waals surface area contributed by atoms with Gasteiger partial charge in [0.15, 0.2) is 11.6 Å². The lowest BCUT2D eigenvalue weighted by molar-refractivity contribution is 0.123. The number of hydrogen-bond acceptors (Lipinski definition) is 6. The van der Waals surface area contributed by atoms with Crippen molar-refractivity contribution in [2.75, 3.05) is 4.72 Å². The quantitative estimate of drug-likeness (QED) is 0.114. The minimum absolute atomic E-state index is 0.00359. The summed E-state index contributed by atoms with van der Waals surface area (Å²) < 4.78 is 101. The first-order valence-corrected chi connectivity index (χ1v) is 17.1. The molecule has 0 unspecified atom stereocenters. The van der Waals surface area contributed by atoms with Crippen molar-refractivity contribution in [2.24, 2.45) is 0 Å². The summed E-state index contributed by atoms with van der Waals surface area (Å²) in [6, 6.07) is 15.6. The molecule has 0 bridgehead atoms. The van der Waals surface area contributed by atoms with Gasteiger partial charge in [-0.05, 0) is 66.4 Å². The van der Waals surface area contributed by atoms with Gasteiger partial charge in [0, 0.05) is 18.1 Å². The van der Waals surface area contributed by atoms with Gasteiger partial charge in [-0.25, -0.2) is 35.4 Å². The lowest BCUT2D eigenvalue weighted by Crippen LogP contribution is -2.28. The van der Waals surface area contributed by atoms with Gasteiger partial charge < -0.3 is 5.41 Å². The Bertz CT molecular complexity index is 2520. The normalized spacial score (nSPS) is 13.4. The van der Waals surface area contributed by atoms with Crippen LogP contribution in [0.15, 0.2) is 77.6 Å². The molecule has 0 atom stereocenters. The van der Waals surface area contributed by atoms with E-state index in [0.29, 0.717) is 24.5 Å². The zero-order chi connectivity index (χ0) is 35.5. The number of fused-ring (bicyclic) bond motifs is 2.